The number of hydrogen-bond acceptors (Lipinski definition) is 0. The van der Waals surface area contributed by atoms with Crippen LogP contribution in [0.15, 0.2) is 48.5 Å². The van der Waals surface area contributed by atoms with Crippen molar-refractivity contribution in [1.82, 2.24) is 0 Å². The van der Waals surface area contributed by atoms with Crippen LogP contribution in [0, 0.1) is 12.3 Å². The van der Waals surface area contributed by atoms with E-state index in [-0.39, 0.29) is 0 Å². The van der Waals surface area contributed by atoms with Gasteiger partial charge in [-0.3, -0.25) is 0 Å². The van der Waals surface area contributed by atoms with E-state index in [0.717, 1.165) is 5.92 Å². The summed E-state index contributed by atoms with van der Waals surface area (Å²) < 4.78 is 0. The van der Waals surface area contributed by atoms with Crippen molar-refractivity contribution in [1.29, 1.82) is 0 Å². The van der Waals surface area contributed by atoms with Gasteiger partial charge in [0.05, 0.1) is 0 Å². The molecule has 0 heterocycles. The van der Waals surface area contributed by atoms with Crippen LogP contribution >= 0.6 is 17.0 Å². The molecule has 0 spiro atoms. The number of hydrogen-bond donors (Lipinski definition) is 0. The fourth-order valence-electron chi connectivity index (χ4n) is 2.71. The molecule has 2 aromatic rings. The molecule has 2 aromatic carbocycles. The van der Waals surface area contributed by atoms with Gasteiger partial charge in [-0.15, -0.1) is 11.6 Å². The Morgan fingerprint density at radius 1 is 1.10 bits per heavy atom. The van der Waals surface area contributed by atoms with Crippen LogP contribution in [0.25, 0.3) is 11.1 Å². The Morgan fingerprint density at radius 2 is 1.80 bits per heavy atom. The van der Waals surface area contributed by atoms with Crippen molar-refractivity contribution < 1.29 is 20.8 Å². The first-order chi connectivity index (χ1) is 9.80. The monoisotopic (exact) mass is 381 g/mol. The first-order valence-electron chi connectivity index (χ1n) is 6.78. The van der Waals surface area contributed by atoms with Crippen molar-refractivity contribution >= 4 is 17.0 Å². The van der Waals surface area contributed by atoms with Crippen LogP contribution in [0.4, 0.5) is 0 Å². The summed E-state index contributed by atoms with van der Waals surface area (Å²) in [5.41, 5.74) is 5.73. The average Bonchev–Trinajstić information content (AvgIpc) is 2.92. The van der Waals surface area contributed by atoms with Crippen LogP contribution in [-0.4, -0.2) is 0 Å². The fourth-order valence-corrected chi connectivity index (χ4v) is 2.71. The number of rotatable bonds is 2. The summed E-state index contributed by atoms with van der Waals surface area (Å²) in [5, 5.41) is 0. The van der Waals surface area contributed by atoms with Gasteiger partial charge in [0.25, 0.3) is 0 Å². The summed E-state index contributed by atoms with van der Waals surface area (Å²) in [6, 6.07) is 17.4. The fraction of sp³-hybridized carbons (Fsp3) is 0.235. The molecule has 0 saturated heterocycles. The topological polar surface area (TPSA) is 0 Å². The molecule has 0 N–H and O–H groups in total. The van der Waals surface area contributed by atoms with Crippen molar-refractivity contribution in [3.05, 3.63) is 66.1 Å². The molecule has 20 heavy (non-hydrogen) atoms. The van der Waals surface area contributed by atoms with E-state index >= 15 is 0 Å². The maximum atomic E-state index is 4.93. The molecule has 0 saturated carbocycles. The normalized spacial score (nSPS) is 15.7. The van der Waals surface area contributed by atoms with Crippen LogP contribution in [0.3, 0.4) is 0 Å². The Labute approximate surface area is 140 Å². The second-order valence-corrected chi connectivity index (χ2v) is 8.58. The predicted molar refractivity (Wildman–Crippen MR) is 84.5 cm³/mol. The Kier molecular flexibility index (Phi) is 6.68. The molecule has 1 unspecified atom stereocenters. The Morgan fingerprint density at radius 3 is 2.45 bits per heavy atom. The molecule has 1 aliphatic carbocycles. The van der Waals surface area contributed by atoms with Gasteiger partial charge in [0.1, 0.15) is 0 Å². The minimum atomic E-state index is -0.826. The molecule has 0 bridgehead atoms. The standard InChI is InChI=1S/C17H17.2ClH.Zr/c1-2-13-11-15-9-6-10-16(17(15)12-13)14-7-4-3-5-8-14;;;/h3-11,13H,2,12H2,1H3;2*1H;/q-1;;;+2/p-2. The molecule has 3 heteroatoms. The van der Waals surface area contributed by atoms with Crippen LogP contribution in [0.2, 0.25) is 0 Å². The molecule has 1 aliphatic rings. The van der Waals surface area contributed by atoms with Gasteiger partial charge >= 0.3 is 37.9 Å². The molecular weight excluding hydrogens is 366 g/mol. The number of halogens is 2. The molecule has 0 aliphatic heterocycles. The first kappa shape index (κ1) is 16.1. The summed E-state index contributed by atoms with van der Waals surface area (Å²) in [4.78, 5) is 0. The van der Waals surface area contributed by atoms with E-state index in [1.807, 2.05) is 0 Å². The molecule has 0 amide bonds. The van der Waals surface area contributed by atoms with E-state index < -0.39 is 20.8 Å². The molecule has 0 radical (unpaired) electrons. The van der Waals surface area contributed by atoms with Gasteiger partial charge in [-0.25, -0.2) is 0 Å². The van der Waals surface area contributed by atoms with Gasteiger partial charge in [0, 0.05) is 0 Å². The summed E-state index contributed by atoms with van der Waals surface area (Å²) in [6.07, 6.45) is 4.88. The van der Waals surface area contributed by atoms with Crippen LogP contribution < -0.4 is 0 Å². The van der Waals surface area contributed by atoms with Crippen molar-refractivity contribution in [2.24, 2.45) is 5.92 Å². The molecule has 0 aromatic heterocycles. The molecule has 3 rings (SSSR count). The SMILES string of the molecule is CCC1[CH-]c2cccc(-c3ccccc3)c2C1.[Cl][Zr][Cl]. The van der Waals surface area contributed by atoms with Gasteiger partial charge in [-0.1, -0.05) is 67.6 Å². The zero-order valence-electron chi connectivity index (χ0n) is 11.4. The van der Waals surface area contributed by atoms with Gasteiger partial charge in [-0.05, 0) is 5.56 Å². The summed E-state index contributed by atoms with van der Waals surface area (Å²) in [6.45, 7) is 2.27. The Bertz CT molecular complexity index is 540. The Hall–Kier alpha value is -0.227. The third kappa shape index (κ3) is 3.91. The summed E-state index contributed by atoms with van der Waals surface area (Å²) in [5.74, 6) is 0.731. The summed E-state index contributed by atoms with van der Waals surface area (Å²) >= 11 is -0.826. The van der Waals surface area contributed by atoms with Crippen molar-refractivity contribution in [3.63, 3.8) is 0 Å². The maximum absolute atomic E-state index is 4.93. The van der Waals surface area contributed by atoms with E-state index in [9.17, 15) is 0 Å². The third-order valence-electron chi connectivity index (χ3n) is 3.70. The van der Waals surface area contributed by atoms with E-state index in [0.29, 0.717) is 0 Å². The van der Waals surface area contributed by atoms with Gasteiger partial charge < -0.3 is 0 Å². The second kappa shape index (κ2) is 8.27. The van der Waals surface area contributed by atoms with E-state index in [2.05, 4.69) is 61.9 Å². The van der Waals surface area contributed by atoms with Crippen molar-refractivity contribution in [2.45, 2.75) is 19.8 Å². The van der Waals surface area contributed by atoms with Crippen LogP contribution in [0.5, 0.6) is 0 Å². The van der Waals surface area contributed by atoms with Gasteiger partial charge in [-0.2, -0.15) is 18.1 Å². The molecule has 0 fully saturated rings. The first-order valence-corrected chi connectivity index (χ1v) is 13.1. The predicted octanol–water partition coefficient (Wildman–Crippen LogP) is 5.86. The van der Waals surface area contributed by atoms with E-state index in [1.54, 1.807) is 0 Å². The number of benzene rings is 2. The zero-order valence-corrected chi connectivity index (χ0v) is 15.4. The van der Waals surface area contributed by atoms with E-state index in [1.165, 1.54) is 35.1 Å². The van der Waals surface area contributed by atoms with Crippen LogP contribution in [-0.2, 0) is 27.3 Å². The second-order valence-electron chi connectivity index (χ2n) is 4.85. The quantitative estimate of drug-likeness (QED) is 0.570. The summed E-state index contributed by atoms with van der Waals surface area (Å²) in [7, 11) is 9.87. The molecule has 104 valence electrons. The third-order valence-corrected chi connectivity index (χ3v) is 3.70. The Balaban J connectivity index is 0.000000452. The molecule has 1 atom stereocenters. The molecular formula is C17H17Cl2Zr-. The average molecular weight is 383 g/mol. The van der Waals surface area contributed by atoms with Crippen molar-refractivity contribution in [2.75, 3.05) is 0 Å². The van der Waals surface area contributed by atoms with Gasteiger partial charge in [0.15, 0.2) is 0 Å². The molecule has 0 nitrogen and oxygen atoms in total. The van der Waals surface area contributed by atoms with Gasteiger partial charge in [0.2, 0.25) is 0 Å². The van der Waals surface area contributed by atoms with Crippen LogP contribution in [0.1, 0.15) is 24.5 Å². The number of fused-ring (bicyclic) bond motifs is 1. The van der Waals surface area contributed by atoms with E-state index in [4.69, 9.17) is 17.0 Å². The van der Waals surface area contributed by atoms with Crippen molar-refractivity contribution in [3.8, 4) is 11.1 Å². The minimum absolute atomic E-state index is 0.731. The zero-order chi connectivity index (χ0) is 14.4.